The van der Waals surface area contributed by atoms with Crippen molar-refractivity contribution in [3.05, 3.63) is 46.3 Å². The van der Waals surface area contributed by atoms with E-state index in [4.69, 9.17) is 10.5 Å². The van der Waals surface area contributed by atoms with Gasteiger partial charge in [-0.3, -0.25) is 10.1 Å². The Morgan fingerprint density at radius 2 is 2.11 bits per heavy atom. The molecular weight excluding hydrogens is 236 g/mol. The van der Waals surface area contributed by atoms with E-state index in [1.54, 1.807) is 19.1 Å². The van der Waals surface area contributed by atoms with Crippen LogP contribution in [0, 0.1) is 17.0 Å². The predicted octanol–water partition coefficient (Wildman–Crippen LogP) is 2.07. The molecule has 0 aliphatic rings. The number of nitro groups is 1. The number of nitrogens with two attached hydrogens (primary N) is 1. The maximum atomic E-state index is 10.8. The average molecular weight is 246 g/mol. The van der Waals surface area contributed by atoms with Gasteiger partial charge in [0.05, 0.1) is 22.9 Å². The van der Waals surface area contributed by atoms with Crippen LogP contribution in [0.4, 0.5) is 11.5 Å². The van der Waals surface area contributed by atoms with Crippen molar-refractivity contribution in [2.24, 2.45) is 0 Å². The third-order valence-corrected chi connectivity index (χ3v) is 2.31. The summed E-state index contributed by atoms with van der Waals surface area (Å²) in [5, 5.41) is 10.8. The first kappa shape index (κ1) is 11.8. The number of nitrogens with zero attached hydrogens (tertiary/aromatic N) is 3. The van der Waals surface area contributed by atoms with Crippen molar-refractivity contribution in [3.63, 3.8) is 0 Å². The molecule has 0 spiro atoms. The lowest BCUT2D eigenvalue weighted by molar-refractivity contribution is -0.385. The molecule has 0 fully saturated rings. The van der Waals surface area contributed by atoms with Gasteiger partial charge in [0.1, 0.15) is 11.6 Å². The summed E-state index contributed by atoms with van der Waals surface area (Å²) in [7, 11) is 0. The van der Waals surface area contributed by atoms with E-state index in [2.05, 4.69) is 9.97 Å². The van der Waals surface area contributed by atoms with Crippen LogP contribution in [-0.2, 0) is 0 Å². The molecule has 0 aliphatic heterocycles. The lowest BCUT2D eigenvalue weighted by atomic mass is 10.2. The van der Waals surface area contributed by atoms with E-state index in [-0.39, 0.29) is 17.4 Å². The zero-order chi connectivity index (χ0) is 13.1. The van der Waals surface area contributed by atoms with Crippen LogP contribution in [0.15, 0.2) is 30.6 Å². The first-order valence-electron chi connectivity index (χ1n) is 5.07. The highest BCUT2D eigenvalue weighted by molar-refractivity contribution is 5.49. The maximum Gasteiger partial charge on any atom is 0.276 e. The number of nitro benzene ring substituents is 1. The summed E-state index contributed by atoms with van der Waals surface area (Å²) in [6.45, 7) is 1.61. The highest BCUT2D eigenvalue weighted by atomic mass is 16.6. The number of ether oxygens (including phenoxy) is 1. The lowest BCUT2D eigenvalue weighted by Crippen LogP contribution is -1.97. The number of hydrogen-bond acceptors (Lipinski definition) is 6. The van der Waals surface area contributed by atoms with E-state index >= 15 is 0 Å². The van der Waals surface area contributed by atoms with Gasteiger partial charge < -0.3 is 10.5 Å². The Labute approximate surface area is 102 Å². The van der Waals surface area contributed by atoms with Gasteiger partial charge in [0.2, 0.25) is 5.88 Å². The molecule has 92 valence electrons. The quantitative estimate of drug-likeness (QED) is 0.656. The molecule has 1 aromatic heterocycles. The summed E-state index contributed by atoms with van der Waals surface area (Å²) in [6.07, 6.45) is 2.70. The molecule has 2 rings (SSSR count). The molecule has 0 unspecified atom stereocenters. The van der Waals surface area contributed by atoms with Gasteiger partial charge in [-0.05, 0) is 13.0 Å². The highest BCUT2D eigenvalue weighted by Crippen LogP contribution is 2.29. The summed E-state index contributed by atoms with van der Waals surface area (Å²) in [5.74, 6) is 0.870. The Bertz CT molecular complexity index is 583. The van der Waals surface area contributed by atoms with E-state index in [9.17, 15) is 10.1 Å². The standard InChI is InChI=1S/C11H10N4O3/c1-7-8(15(16)17)3-2-4-9(7)18-11-6-13-10(12)5-14-11/h2-6H,1H3,(H2,12,13). The number of hydrogen-bond donors (Lipinski definition) is 1. The monoisotopic (exact) mass is 246 g/mol. The summed E-state index contributed by atoms with van der Waals surface area (Å²) in [6, 6.07) is 4.59. The molecule has 7 heteroatoms. The van der Waals surface area contributed by atoms with Crippen LogP contribution in [-0.4, -0.2) is 14.9 Å². The summed E-state index contributed by atoms with van der Waals surface area (Å²) in [4.78, 5) is 18.0. The minimum Gasteiger partial charge on any atom is -0.437 e. The van der Waals surface area contributed by atoms with Crippen molar-refractivity contribution in [2.75, 3.05) is 5.73 Å². The Hall–Kier alpha value is -2.70. The van der Waals surface area contributed by atoms with Crippen molar-refractivity contribution in [3.8, 4) is 11.6 Å². The van der Waals surface area contributed by atoms with Gasteiger partial charge in [0, 0.05) is 6.07 Å². The second-order valence-corrected chi connectivity index (χ2v) is 3.54. The minimum absolute atomic E-state index is 0.00379. The van der Waals surface area contributed by atoms with Gasteiger partial charge in [-0.15, -0.1) is 0 Å². The number of anilines is 1. The number of nitrogen functional groups attached to an aromatic ring is 1. The normalized spacial score (nSPS) is 10.1. The van der Waals surface area contributed by atoms with Crippen LogP contribution >= 0.6 is 0 Å². The smallest absolute Gasteiger partial charge is 0.276 e. The van der Waals surface area contributed by atoms with E-state index in [1.165, 1.54) is 18.5 Å². The first-order chi connectivity index (χ1) is 8.58. The molecule has 2 N–H and O–H groups in total. The largest absolute Gasteiger partial charge is 0.437 e. The van der Waals surface area contributed by atoms with Crippen LogP contribution in [0.5, 0.6) is 11.6 Å². The van der Waals surface area contributed by atoms with Crippen molar-refractivity contribution >= 4 is 11.5 Å². The summed E-state index contributed by atoms with van der Waals surface area (Å²) in [5.41, 5.74) is 5.82. The summed E-state index contributed by atoms with van der Waals surface area (Å²) >= 11 is 0. The molecule has 0 radical (unpaired) electrons. The Balaban J connectivity index is 2.32. The topological polar surface area (TPSA) is 104 Å². The van der Waals surface area contributed by atoms with Crippen LogP contribution < -0.4 is 10.5 Å². The predicted molar refractivity (Wildman–Crippen MR) is 64.4 cm³/mol. The van der Waals surface area contributed by atoms with E-state index in [0.29, 0.717) is 11.3 Å². The van der Waals surface area contributed by atoms with Gasteiger partial charge in [-0.1, -0.05) is 6.07 Å². The van der Waals surface area contributed by atoms with Crippen LogP contribution in [0.25, 0.3) is 0 Å². The fraction of sp³-hybridized carbons (Fsp3) is 0.0909. The molecule has 0 amide bonds. The van der Waals surface area contributed by atoms with Crippen molar-refractivity contribution in [1.82, 2.24) is 9.97 Å². The molecule has 0 saturated heterocycles. The van der Waals surface area contributed by atoms with Gasteiger partial charge in [0.15, 0.2) is 0 Å². The maximum absolute atomic E-state index is 10.8. The molecule has 7 nitrogen and oxygen atoms in total. The zero-order valence-corrected chi connectivity index (χ0v) is 9.53. The molecule has 18 heavy (non-hydrogen) atoms. The third kappa shape index (κ3) is 2.34. The van der Waals surface area contributed by atoms with Crippen molar-refractivity contribution in [2.45, 2.75) is 6.92 Å². The summed E-state index contributed by atoms with van der Waals surface area (Å²) < 4.78 is 5.42. The molecule has 1 heterocycles. The van der Waals surface area contributed by atoms with Crippen LogP contribution in [0.2, 0.25) is 0 Å². The Morgan fingerprint density at radius 1 is 1.33 bits per heavy atom. The van der Waals surface area contributed by atoms with Gasteiger partial charge >= 0.3 is 0 Å². The van der Waals surface area contributed by atoms with Crippen LogP contribution in [0.1, 0.15) is 5.56 Å². The van der Waals surface area contributed by atoms with Crippen LogP contribution in [0.3, 0.4) is 0 Å². The molecule has 0 aliphatic carbocycles. The minimum atomic E-state index is -0.461. The van der Waals surface area contributed by atoms with Crippen molar-refractivity contribution in [1.29, 1.82) is 0 Å². The average Bonchev–Trinajstić information content (AvgIpc) is 2.34. The van der Waals surface area contributed by atoms with Crippen molar-refractivity contribution < 1.29 is 9.66 Å². The van der Waals surface area contributed by atoms with Gasteiger partial charge in [0.25, 0.3) is 5.69 Å². The zero-order valence-electron chi connectivity index (χ0n) is 9.53. The third-order valence-electron chi connectivity index (χ3n) is 2.31. The molecule has 1 aromatic carbocycles. The second kappa shape index (κ2) is 4.66. The fourth-order valence-corrected chi connectivity index (χ4v) is 1.40. The van der Waals surface area contributed by atoms with Gasteiger partial charge in [-0.2, -0.15) is 0 Å². The molecule has 0 atom stereocenters. The molecule has 0 saturated carbocycles. The number of aromatic nitrogens is 2. The molecule has 0 bridgehead atoms. The number of rotatable bonds is 3. The molecular formula is C11H10N4O3. The molecule has 2 aromatic rings. The van der Waals surface area contributed by atoms with E-state index in [0.717, 1.165) is 0 Å². The Kier molecular flexibility index (Phi) is 3.05. The SMILES string of the molecule is Cc1c(Oc2cnc(N)cn2)cccc1[N+](=O)[O-]. The van der Waals surface area contributed by atoms with E-state index < -0.39 is 4.92 Å². The highest BCUT2D eigenvalue weighted by Gasteiger charge is 2.14. The first-order valence-corrected chi connectivity index (χ1v) is 5.07. The van der Waals surface area contributed by atoms with E-state index in [1.807, 2.05) is 0 Å². The Morgan fingerprint density at radius 3 is 2.72 bits per heavy atom. The number of benzene rings is 1. The fourth-order valence-electron chi connectivity index (χ4n) is 1.40. The lowest BCUT2D eigenvalue weighted by Gasteiger charge is -2.07. The second-order valence-electron chi connectivity index (χ2n) is 3.54. The van der Waals surface area contributed by atoms with Gasteiger partial charge in [-0.25, -0.2) is 9.97 Å².